The Labute approximate surface area is 131 Å². The van der Waals surface area contributed by atoms with Gasteiger partial charge in [0.25, 0.3) is 0 Å². The number of hydrogen-bond donors (Lipinski definition) is 1. The van der Waals surface area contributed by atoms with E-state index in [1.54, 1.807) is 13.0 Å². The van der Waals surface area contributed by atoms with Crippen LogP contribution in [-0.2, 0) is 19.9 Å². The summed E-state index contributed by atoms with van der Waals surface area (Å²) in [5.74, 6) is -0.215. The maximum atomic E-state index is 12.3. The zero-order valence-corrected chi connectivity index (χ0v) is 14.5. The number of benzene rings is 1. The highest BCUT2D eigenvalue weighted by molar-refractivity contribution is 9.10. The molecule has 1 aromatic carbocycles. The zero-order chi connectivity index (χ0) is 15.2. The molecule has 0 aromatic heterocycles. The van der Waals surface area contributed by atoms with Crippen LogP contribution < -0.4 is 4.72 Å². The van der Waals surface area contributed by atoms with Gasteiger partial charge in [-0.15, -0.1) is 0 Å². The lowest BCUT2D eigenvalue weighted by molar-refractivity contribution is 0.462. The van der Waals surface area contributed by atoms with Crippen molar-refractivity contribution < 1.29 is 16.8 Å². The summed E-state index contributed by atoms with van der Waals surface area (Å²) in [4.78, 5) is -0.0621. The minimum atomic E-state index is -3.87. The van der Waals surface area contributed by atoms with E-state index in [1.165, 1.54) is 12.1 Å². The topological polar surface area (TPSA) is 80.3 Å². The molecule has 0 radical (unpaired) electrons. The van der Waals surface area contributed by atoms with Crippen LogP contribution in [-0.4, -0.2) is 33.9 Å². The Morgan fingerprint density at radius 1 is 1.40 bits per heavy atom. The van der Waals surface area contributed by atoms with Crippen LogP contribution in [0.15, 0.2) is 27.6 Å². The summed E-state index contributed by atoms with van der Waals surface area (Å²) in [6.45, 7) is 1.59. The Balaban J connectivity index is 2.33. The molecule has 1 aromatic rings. The van der Waals surface area contributed by atoms with Crippen LogP contribution in [0.1, 0.15) is 13.3 Å². The second kappa shape index (κ2) is 5.24. The first-order chi connectivity index (χ1) is 9.03. The summed E-state index contributed by atoms with van der Waals surface area (Å²) >= 11 is 9.13. The maximum absolute atomic E-state index is 12.3. The number of rotatable bonds is 3. The number of sulfone groups is 1. The molecule has 20 heavy (non-hydrogen) atoms. The molecule has 0 saturated carbocycles. The van der Waals surface area contributed by atoms with E-state index in [0.717, 1.165) is 0 Å². The highest BCUT2D eigenvalue weighted by Crippen LogP contribution is 2.29. The summed E-state index contributed by atoms with van der Waals surface area (Å²) in [6.07, 6.45) is 0.253. The van der Waals surface area contributed by atoms with Gasteiger partial charge in [-0.05, 0) is 31.5 Å². The third-order valence-corrected chi connectivity index (χ3v) is 7.59. The third-order valence-electron chi connectivity index (χ3n) is 3.07. The van der Waals surface area contributed by atoms with Gasteiger partial charge in [0, 0.05) is 10.0 Å². The monoisotopic (exact) mass is 401 g/mol. The first-order valence-electron chi connectivity index (χ1n) is 5.73. The molecular formula is C11H13BrClNO4S2. The molecule has 1 N–H and O–H groups in total. The molecule has 1 fully saturated rings. The lowest BCUT2D eigenvalue weighted by Crippen LogP contribution is -2.46. The number of nitrogens with one attached hydrogen (secondary N) is 1. The van der Waals surface area contributed by atoms with E-state index in [-0.39, 0.29) is 27.8 Å². The van der Waals surface area contributed by atoms with E-state index >= 15 is 0 Å². The minimum absolute atomic E-state index is 0.0138. The average molecular weight is 403 g/mol. The van der Waals surface area contributed by atoms with Crippen LogP contribution in [0.25, 0.3) is 0 Å². The molecule has 2 rings (SSSR count). The maximum Gasteiger partial charge on any atom is 0.242 e. The Bertz CT molecular complexity index is 748. The summed E-state index contributed by atoms with van der Waals surface area (Å²) in [5, 5.41) is 0.0799. The van der Waals surface area contributed by atoms with Gasteiger partial charge >= 0.3 is 0 Å². The highest BCUT2D eigenvalue weighted by atomic mass is 79.9. The van der Waals surface area contributed by atoms with Gasteiger partial charge in [0.2, 0.25) is 10.0 Å². The third kappa shape index (κ3) is 3.54. The Morgan fingerprint density at radius 3 is 2.55 bits per heavy atom. The molecule has 0 aliphatic carbocycles. The van der Waals surface area contributed by atoms with Gasteiger partial charge in [-0.1, -0.05) is 27.5 Å². The second-order valence-corrected chi connectivity index (χ2v) is 10.2. The molecular weight excluding hydrogens is 390 g/mol. The molecule has 0 unspecified atom stereocenters. The van der Waals surface area contributed by atoms with Crippen molar-refractivity contribution in [1.29, 1.82) is 0 Å². The summed E-state index contributed by atoms with van der Waals surface area (Å²) in [7, 11) is -7.06. The first kappa shape index (κ1) is 16.2. The zero-order valence-electron chi connectivity index (χ0n) is 10.6. The number of hydrogen-bond acceptors (Lipinski definition) is 4. The van der Waals surface area contributed by atoms with E-state index < -0.39 is 25.4 Å². The molecule has 0 spiro atoms. The van der Waals surface area contributed by atoms with Crippen molar-refractivity contribution in [2.24, 2.45) is 0 Å². The van der Waals surface area contributed by atoms with Gasteiger partial charge in [0.1, 0.15) is 4.90 Å². The first-order valence-corrected chi connectivity index (χ1v) is 10.2. The van der Waals surface area contributed by atoms with E-state index in [1.807, 2.05) is 0 Å². The molecule has 1 saturated heterocycles. The minimum Gasteiger partial charge on any atom is -0.229 e. The van der Waals surface area contributed by atoms with Crippen molar-refractivity contribution >= 4 is 47.4 Å². The van der Waals surface area contributed by atoms with Crippen LogP contribution in [0.2, 0.25) is 5.02 Å². The van der Waals surface area contributed by atoms with E-state index in [2.05, 4.69) is 20.7 Å². The van der Waals surface area contributed by atoms with Crippen molar-refractivity contribution in [3.05, 3.63) is 27.7 Å². The van der Waals surface area contributed by atoms with Crippen molar-refractivity contribution in [3.8, 4) is 0 Å². The molecule has 1 aliphatic heterocycles. The van der Waals surface area contributed by atoms with Crippen molar-refractivity contribution in [2.45, 2.75) is 23.8 Å². The summed E-state index contributed by atoms with van der Waals surface area (Å²) in [5.41, 5.74) is -0.992. The van der Waals surface area contributed by atoms with Gasteiger partial charge in [-0.2, -0.15) is 0 Å². The molecule has 1 heterocycles. The van der Waals surface area contributed by atoms with E-state index in [4.69, 9.17) is 11.6 Å². The van der Waals surface area contributed by atoms with Gasteiger partial charge in [0.15, 0.2) is 9.84 Å². The van der Waals surface area contributed by atoms with Crippen LogP contribution in [0.4, 0.5) is 0 Å². The molecule has 1 aliphatic rings. The van der Waals surface area contributed by atoms with Gasteiger partial charge in [-0.3, -0.25) is 0 Å². The van der Waals surface area contributed by atoms with Crippen molar-refractivity contribution in [1.82, 2.24) is 4.72 Å². The van der Waals surface area contributed by atoms with Crippen LogP contribution in [0.5, 0.6) is 0 Å². The molecule has 112 valence electrons. The SMILES string of the molecule is C[C@@]1(NS(=O)(=O)c2ccc(Br)cc2Cl)CCS(=O)(=O)C1. The molecule has 5 nitrogen and oxygen atoms in total. The van der Waals surface area contributed by atoms with Crippen LogP contribution >= 0.6 is 27.5 Å². The Kier molecular flexibility index (Phi) is 4.25. The van der Waals surface area contributed by atoms with Crippen molar-refractivity contribution in [3.63, 3.8) is 0 Å². The Morgan fingerprint density at radius 2 is 2.05 bits per heavy atom. The van der Waals surface area contributed by atoms with Crippen molar-refractivity contribution in [2.75, 3.05) is 11.5 Å². The molecule has 0 bridgehead atoms. The summed E-state index contributed by atoms with van der Waals surface area (Å²) < 4.78 is 50.8. The predicted molar refractivity (Wildman–Crippen MR) is 81.1 cm³/mol. The molecule has 1 atom stereocenters. The largest absolute Gasteiger partial charge is 0.242 e. The standard InChI is InChI=1S/C11H13BrClNO4S2/c1-11(4-5-19(15,16)7-11)14-20(17,18)10-3-2-8(12)6-9(10)13/h2-3,6,14H,4-5,7H2,1H3/t11-/m1/s1. The predicted octanol–water partition coefficient (Wildman–Crippen LogP) is 1.96. The lowest BCUT2D eigenvalue weighted by Gasteiger charge is -2.23. The van der Waals surface area contributed by atoms with Crippen LogP contribution in [0, 0.1) is 0 Å². The van der Waals surface area contributed by atoms with Gasteiger partial charge in [0.05, 0.1) is 16.5 Å². The Hall–Kier alpha value is -0.150. The highest BCUT2D eigenvalue weighted by Gasteiger charge is 2.41. The number of sulfonamides is 1. The average Bonchev–Trinajstić information content (AvgIpc) is 2.50. The van der Waals surface area contributed by atoms with Gasteiger partial charge < -0.3 is 0 Å². The second-order valence-electron chi connectivity index (χ2n) is 5.08. The lowest BCUT2D eigenvalue weighted by atomic mass is 10.0. The van der Waals surface area contributed by atoms with Gasteiger partial charge in [-0.25, -0.2) is 21.6 Å². The normalized spacial score (nSPS) is 25.8. The molecule has 0 amide bonds. The summed E-state index contributed by atoms with van der Waals surface area (Å²) in [6, 6.07) is 4.42. The molecule has 9 heteroatoms. The van der Waals surface area contributed by atoms with Crippen LogP contribution in [0.3, 0.4) is 0 Å². The fraction of sp³-hybridized carbons (Fsp3) is 0.455. The fourth-order valence-electron chi connectivity index (χ4n) is 2.16. The number of halogens is 2. The smallest absolute Gasteiger partial charge is 0.229 e. The quantitative estimate of drug-likeness (QED) is 0.838. The fourth-order valence-corrected chi connectivity index (χ4v) is 6.82. The van der Waals surface area contributed by atoms with E-state index in [9.17, 15) is 16.8 Å². The van der Waals surface area contributed by atoms with E-state index in [0.29, 0.717) is 4.47 Å².